The summed E-state index contributed by atoms with van der Waals surface area (Å²) in [4.78, 5) is 0. The Morgan fingerprint density at radius 1 is 0.733 bits per heavy atom. The molecule has 0 N–H and O–H groups in total. The molecule has 158 valence electrons. The average molecular weight is 401 g/mol. The zero-order chi connectivity index (χ0) is 21.0. The molecule has 3 rings (SSSR count). The summed E-state index contributed by atoms with van der Waals surface area (Å²) in [6.07, 6.45) is 24.0. The second kappa shape index (κ2) is 12.4. The number of nitriles is 2. The molecule has 0 atom stereocenters. The molecule has 0 amide bonds. The molecule has 0 bridgehead atoms. The minimum absolute atomic E-state index is 0.703. The summed E-state index contributed by atoms with van der Waals surface area (Å²) in [5.41, 5.74) is 2.20. The molecule has 0 unspecified atom stereocenters. The van der Waals surface area contributed by atoms with E-state index < -0.39 is 0 Å². The molecular formula is C28H36N2. The average Bonchev–Trinajstić information content (AvgIpc) is 2.81. The Labute approximate surface area is 183 Å². The number of hydrogen-bond acceptors (Lipinski definition) is 2. The molecule has 30 heavy (non-hydrogen) atoms. The van der Waals surface area contributed by atoms with Gasteiger partial charge in [-0.3, -0.25) is 0 Å². The molecule has 1 aromatic rings. The smallest absolute Gasteiger partial charge is 0.0991 e. The molecule has 2 aliphatic rings. The summed E-state index contributed by atoms with van der Waals surface area (Å²) in [7, 11) is 0. The standard InChI is InChI=1S/C28H36N2/c29-21-5-3-1-2-4-6-23-7-9-24(10-8-23)11-12-25-13-17-27(18-14-25)28-19-15-26(22-30)16-20-28/h1-3,5,15-16,19-20,23-25,27H,4,6-14,17-18H2/b2-1+,5-3+/t23-,24-,25-,27-. The molecule has 2 nitrogen and oxygen atoms in total. The van der Waals surface area contributed by atoms with Gasteiger partial charge in [-0.25, -0.2) is 0 Å². The fourth-order valence-corrected chi connectivity index (χ4v) is 5.50. The molecule has 2 fully saturated rings. The predicted octanol–water partition coefficient (Wildman–Crippen LogP) is 7.83. The number of allylic oxidation sites excluding steroid dienone is 4. The Hall–Kier alpha value is -2.32. The maximum atomic E-state index is 8.97. The van der Waals surface area contributed by atoms with E-state index in [0.717, 1.165) is 29.7 Å². The van der Waals surface area contributed by atoms with Gasteiger partial charge < -0.3 is 0 Å². The van der Waals surface area contributed by atoms with Crippen LogP contribution in [0.4, 0.5) is 0 Å². The van der Waals surface area contributed by atoms with Crippen molar-refractivity contribution < 1.29 is 0 Å². The lowest BCUT2D eigenvalue weighted by Gasteiger charge is -2.32. The topological polar surface area (TPSA) is 47.6 Å². The summed E-state index contributed by atoms with van der Waals surface area (Å²) in [5.74, 6) is 3.51. The highest BCUT2D eigenvalue weighted by Crippen LogP contribution is 2.40. The largest absolute Gasteiger partial charge is 0.193 e. The third-order valence-corrected chi connectivity index (χ3v) is 7.47. The first-order chi connectivity index (χ1) is 14.8. The summed E-state index contributed by atoms with van der Waals surface area (Å²) >= 11 is 0. The van der Waals surface area contributed by atoms with Crippen LogP contribution in [0.25, 0.3) is 0 Å². The first kappa shape index (κ1) is 22.4. The highest BCUT2D eigenvalue weighted by Gasteiger charge is 2.25. The molecule has 0 spiro atoms. The zero-order valence-electron chi connectivity index (χ0n) is 18.3. The van der Waals surface area contributed by atoms with Gasteiger partial charge in [-0.1, -0.05) is 68.9 Å². The quantitative estimate of drug-likeness (QED) is 0.329. The van der Waals surface area contributed by atoms with Gasteiger partial charge >= 0.3 is 0 Å². The molecule has 0 aromatic heterocycles. The van der Waals surface area contributed by atoms with E-state index in [2.05, 4.69) is 24.3 Å². The molecular weight excluding hydrogens is 364 g/mol. The van der Waals surface area contributed by atoms with Crippen molar-refractivity contribution in [2.24, 2.45) is 17.8 Å². The molecule has 2 saturated carbocycles. The Balaban J connectivity index is 1.28. The van der Waals surface area contributed by atoms with E-state index in [9.17, 15) is 0 Å². The zero-order valence-corrected chi connectivity index (χ0v) is 18.3. The van der Waals surface area contributed by atoms with Gasteiger partial charge in [0.15, 0.2) is 0 Å². The SMILES string of the molecule is N#C/C=C/C=C/CC[C@H]1CC[C@H](CC[C@H]2CC[C@H](c3ccc(C#N)cc3)CC2)CC1. The monoisotopic (exact) mass is 400 g/mol. The van der Waals surface area contributed by atoms with Crippen molar-refractivity contribution in [3.8, 4) is 12.1 Å². The second-order valence-corrected chi connectivity index (χ2v) is 9.41. The molecule has 0 heterocycles. The van der Waals surface area contributed by atoms with Gasteiger partial charge in [0, 0.05) is 6.08 Å². The number of benzene rings is 1. The van der Waals surface area contributed by atoms with Crippen LogP contribution in [0, 0.1) is 40.4 Å². The lowest BCUT2D eigenvalue weighted by molar-refractivity contribution is 0.225. The van der Waals surface area contributed by atoms with Crippen LogP contribution in [0.1, 0.15) is 94.1 Å². The maximum absolute atomic E-state index is 8.97. The first-order valence-electron chi connectivity index (χ1n) is 12.0. The summed E-state index contributed by atoms with van der Waals surface area (Å²) in [6, 6.07) is 12.5. The highest BCUT2D eigenvalue weighted by atomic mass is 14.3. The van der Waals surface area contributed by atoms with Gasteiger partial charge in [-0.05, 0) is 79.9 Å². The van der Waals surface area contributed by atoms with Gasteiger partial charge in [0.05, 0.1) is 17.7 Å². The van der Waals surface area contributed by atoms with Crippen LogP contribution in [0.15, 0.2) is 48.6 Å². The van der Waals surface area contributed by atoms with Crippen LogP contribution in [0.2, 0.25) is 0 Å². The van der Waals surface area contributed by atoms with Crippen LogP contribution in [0.3, 0.4) is 0 Å². The number of nitrogens with zero attached hydrogens (tertiary/aromatic N) is 2. The Morgan fingerprint density at radius 3 is 1.87 bits per heavy atom. The van der Waals surface area contributed by atoms with Crippen LogP contribution in [-0.4, -0.2) is 0 Å². The Kier molecular flexibility index (Phi) is 9.24. The fourth-order valence-electron chi connectivity index (χ4n) is 5.50. The van der Waals surface area contributed by atoms with Crippen LogP contribution >= 0.6 is 0 Å². The van der Waals surface area contributed by atoms with Gasteiger partial charge in [-0.15, -0.1) is 0 Å². The van der Waals surface area contributed by atoms with Crippen molar-refractivity contribution in [2.45, 2.75) is 83.0 Å². The minimum Gasteiger partial charge on any atom is -0.193 e. The van der Waals surface area contributed by atoms with Crippen molar-refractivity contribution in [1.82, 2.24) is 0 Å². The summed E-state index contributed by atoms with van der Waals surface area (Å²) in [5, 5.41) is 17.4. The van der Waals surface area contributed by atoms with Gasteiger partial charge in [-0.2, -0.15) is 10.5 Å². The highest BCUT2D eigenvalue weighted by molar-refractivity contribution is 5.33. The Bertz CT molecular complexity index is 758. The van der Waals surface area contributed by atoms with Crippen LogP contribution < -0.4 is 0 Å². The van der Waals surface area contributed by atoms with E-state index in [1.807, 2.05) is 30.4 Å². The molecule has 1 aromatic carbocycles. The fraction of sp³-hybridized carbons (Fsp3) is 0.571. The van der Waals surface area contributed by atoms with Gasteiger partial charge in [0.1, 0.15) is 0 Å². The summed E-state index contributed by atoms with van der Waals surface area (Å²) in [6.45, 7) is 0. The number of rotatable bonds is 8. The number of hydrogen-bond donors (Lipinski definition) is 0. The normalized spacial score (nSPS) is 27.1. The molecule has 0 aliphatic heterocycles. The van der Waals surface area contributed by atoms with E-state index in [4.69, 9.17) is 10.5 Å². The van der Waals surface area contributed by atoms with Gasteiger partial charge in [0.25, 0.3) is 0 Å². The van der Waals surface area contributed by atoms with Crippen molar-refractivity contribution in [2.75, 3.05) is 0 Å². The molecule has 2 aliphatic carbocycles. The first-order valence-corrected chi connectivity index (χ1v) is 12.0. The predicted molar refractivity (Wildman–Crippen MR) is 124 cm³/mol. The lowest BCUT2D eigenvalue weighted by atomic mass is 9.74. The van der Waals surface area contributed by atoms with Crippen molar-refractivity contribution in [1.29, 1.82) is 10.5 Å². The van der Waals surface area contributed by atoms with E-state index in [1.54, 1.807) is 0 Å². The van der Waals surface area contributed by atoms with Crippen molar-refractivity contribution in [3.63, 3.8) is 0 Å². The molecule has 0 radical (unpaired) electrons. The minimum atomic E-state index is 0.703. The maximum Gasteiger partial charge on any atom is 0.0991 e. The molecule has 0 saturated heterocycles. The van der Waals surface area contributed by atoms with E-state index in [1.165, 1.54) is 82.3 Å². The second-order valence-electron chi connectivity index (χ2n) is 9.41. The third-order valence-electron chi connectivity index (χ3n) is 7.47. The van der Waals surface area contributed by atoms with Crippen molar-refractivity contribution >= 4 is 0 Å². The van der Waals surface area contributed by atoms with E-state index >= 15 is 0 Å². The lowest BCUT2D eigenvalue weighted by Crippen LogP contribution is -2.17. The van der Waals surface area contributed by atoms with E-state index in [-0.39, 0.29) is 0 Å². The van der Waals surface area contributed by atoms with Crippen molar-refractivity contribution in [3.05, 3.63) is 59.7 Å². The Morgan fingerprint density at radius 2 is 1.30 bits per heavy atom. The third kappa shape index (κ3) is 7.18. The van der Waals surface area contributed by atoms with Crippen LogP contribution in [0.5, 0.6) is 0 Å². The molecule has 2 heteroatoms. The van der Waals surface area contributed by atoms with Gasteiger partial charge in [0.2, 0.25) is 0 Å². The van der Waals surface area contributed by atoms with Crippen LogP contribution in [-0.2, 0) is 0 Å². The van der Waals surface area contributed by atoms with E-state index in [0.29, 0.717) is 5.92 Å². The summed E-state index contributed by atoms with van der Waals surface area (Å²) < 4.78 is 0.